The topological polar surface area (TPSA) is 101 Å². The zero-order valence-electron chi connectivity index (χ0n) is 17.3. The van der Waals surface area contributed by atoms with Gasteiger partial charge in [-0.15, -0.1) is 0 Å². The number of ether oxygens (including phenoxy) is 1. The van der Waals surface area contributed by atoms with Gasteiger partial charge in [-0.3, -0.25) is 14.4 Å². The summed E-state index contributed by atoms with van der Waals surface area (Å²) in [5.41, 5.74) is -1.67. The van der Waals surface area contributed by atoms with Crippen LogP contribution in [0.3, 0.4) is 0 Å². The molecule has 0 aromatic carbocycles. The number of hydrogen-bond donors (Lipinski definition) is 2. The van der Waals surface area contributed by atoms with Gasteiger partial charge in [0, 0.05) is 23.7 Å². The van der Waals surface area contributed by atoms with Crippen LogP contribution >= 0.6 is 0 Å². The van der Waals surface area contributed by atoms with Gasteiger partial charge in [0.15, 0.2) is 12.4 Å². The highest BCUT2D eigenvalue weighted by atomic mass is 16.5. The number of carbonyl (C=O) groups is 3. The van der Waals surface area contributed by atoms with Crippen molar-refractivity contribution in [1.29, 1.82) is 0 Å². The number of aliphatic hydroxyl groups is 2. The predicted octanol–water partition coefficient (Wildman–Crippen LogP) is 2.13. The van der Waals surface area contributed by atoms with Gasteiger partial charge >= 0.3 is 5.97 Å². The molecular formula is C23H30O6. The molecule has 6 nitrogen and oxygen atoms in total. The van der Waals surface area contributed by atoms with E-state index >= 15 is 0 Å². The van der Waals surface area contributed by atoms with Crippen molar-refractivity contribution in [2.75, 3.05) is 6.61 Å². The van der Waals surface area contributed by atoms with Gasteiger partial charge < -0.3 is 14.9 Å². The van der Waals surface area contributed by atoms with Crippen LogP contribution in [0.4, 0.5) is 0 Å². The third-order valence-electron chi connectivity index (χ3n) is 8.52. The van der Waals surface area contributed by atoms with Crippen LogP contribution < -0.4 is 0 Å². The van der Waals surface area contributed by atoms with Gasteiger partial charge in [-0.25, -0.2) is 0 Å². The van der Waals surface area contributed by atoms with Crippen LogP contribution in [-0.2, 0) is 19.1 Å². The fraction of sp³-hybridized carbons (Fsp3) is 0.696. The number of aliphatic hydroxyl groups excluding tert-OH is 1. The van der Waals surface area contributed by atoms with E-state index in [-0.39, 0.29) is 29.0 Å². The molecule has 7 atom stereocenters. The van der Waals surface area contributed by atoms with Gasteiger partial charge in [0.1, 0.15) is 5.60 Å². The summed E-state index contributed by atoms with van der Waals surface area (Å²) in [7, 11) is 0. The lowest BCUT2D eigenvalue weighted by molar-refractivity contribution is -0.181. The summed E-state index contributed by atoms with van der Waals surface area (Å²) in [5.74, 6) is -0.836. The van der Waals surface area contributed by atoms with Gasteiger partial charge in [-0.2, -0.15) is 0 Å². The third kappa shape index (κ3) is 2.79. The van der Waals surface area contributed by atoms with E-state index in [0.717, 1.165) is 18.4 Å². The molecule has 2 N–H and O–H groups in total. The largest absolute Gasteiger partial charge is 0.458 e. The highest BCUT2D eigenvalue weighted by Gasteiger charge is 2.68. The Kier molecular flexibility index (Phi) is 4.67. The highest BCUT2D eigenvalue weighted by molar-refractivity contribution is 6.01. The second-order valence-electron chi connectivity index (χ2n) is 9.81. The molecule has 29 heavy (non-hydrogen) atoms. The maximum atomic E-state index is 12.9. The summed E-state index contributed by atoms with van der Waals surface area (Å²) < 4.78 is 4.88. The Bertz CT molecular complexity index is 827. The lowest BCUT2D eigenvalue weighted by Crippen LogP contribution is -2.61. The second-order valence-corrected chi connectivity index (χ2v) is 9.81. The SMILES string of the molecule is CC(=O)OCC(=O)[C@@]1(O)CC[C@@H]2[C@H]3CCC4=CC(=O)C=C[C@]4(C)[C@H]3[C@@H](O)C[C@@]21C. The van der Waals surface area contributed by atoms with E-state index in [0.29, 0.717) is 19.3 Å². The van der Waals surface area contributed by atoms with Crippen molar-refractivity contribution >= 4 is 17.5 Å². The molecule has 0 unspecified atom stereocenters. The first-order valence-electron chi connectivity index (χ1n) is 10.5. The molecule has 0 saturated heterocycles. The number of carbonyl (C=O) groups excluding carboxylic acids is 3. The van der Waals surface area contributed by atoms with E-state index in [1.807, 2.05) is 13.0 Å². The Morgan fingerprint density at radius 3 is 2.69 bits per heavy atom. The zero-order chi connectivity index (χ0) is 21.2. The minimum Gasteiger partial charge on any atom is -0.458 e. The molecule has 4 aliphatic carbocycles. The number of esters is 1. The standard InChI is InChI=1S/C23H30O6/c1-13(24)29-12-19(27)23(28)9-7-17-16-5-4-14-10-15(25)6-8-21(14,2)20(16)18(26)11-22(17,23)3/h6,8,10,16-18,20,26,28H,4-5,7,9,11-12H2,1-3H3/t16-,17-,18+,20-,21+,22+,23+/m1/s1. The molecule has 0 heterocycles. The van der Waals surface area contributed by atoms with Crippen LogP contribution in [0, 0.1) is 28.6 Å². The Morgan fingerprint density at radius 1 is 1.28 bits per heavy atom. The van der Waals surface area contributed by atoms with Crippen molar-refractivity contribution in [3.05, 3.63) is 23.8 Å². The lowest BCUT2D eigenvalue weighted by Gasteiger charge is -2.59. The zero-order valence-corrected chi connectivity index (χ0v) is 17.3. The van der Waals surface area contributed by atoms with Crippen LogP contribution in [0.1, 0.15) is 52.9 Å². The molecule has 0 aliphatic heterocycles. The average molecular weight is 402 g/mol. The minimum absolute atomic E-state index is 0.00243. The number of allylic oxidation sites excluding steroid dienone is 4. The van der Waals surface area contributed by atoms with E-state index in [2.05, 4.69) is 6.92 Å². The van der Waals surface area contributed by atoms with Crippen LogP contribution in [0.2, 0.25) is 0 Å². The number of hydrogen-bond acceptors (Lipinski definition) is 6. The Hall–Kier alpha value is -1.79. The third-order valence-corrected chi connectivity index (χ3v) is 8.52. The molecule has 0 amide bonds. The van der Waals surface area contributed by atoms with E-state index in [9.17, 15) is 24.6 Å². The fourth-order valence-corrected chi connectivity index (χ4v) is 7.08. The first-order chi connectivity index (χ1) is 13.5. The first-order valence-corrected chi connectivity index (χ1v) is 10.5. The molecule has 4 aliphatic rings. The molecule has 0 bridgehead atoms. The van der Waals surface area contributed by atoms with Crippen molar-refractivity contribution in [3.8, 4) is 0 Å². The van der Waals surface area contributed by atoms with Crippen LogP contribution in [0.15, 0.2) is 23.8 Å². The van der Waals surface area contributed by atoms with Crippen molar-refractivity contribution in [2.24, 2.45) is 28.6 Å². The van der Waals surface area contributed by atoms with Gasteiger partial charge in [0.05, 0.1) is 6.10 Å². The molecule has 0 aromatic rings. The number of fused-ring (bicyclic) bond motifs is 5. The van der Waals surface area contributed by atoms with Gasteiger partial charge in [-0.1, -0.05) is 25.5 Å². The van der Waals surface area contributed by atoms with Crippen molar-refractivity contribution in [2.45, 2.75) is 64.6 Å². The molecule has 3 saturated carbocycles. The maximum Gasteiger partial charge on any atom is 0.303 e. The molecule has 6 heteroatoms. The normalized spacial score (nSPS) is 45.7. The molecular weight excluding hydrogens is 372 g/mol. The number of ketones is 2. The van der Waals surface area contributed by atoms with Crippen molar-refractivity contribution in [1.82, 2.24) is 0 Å². The predicted molar refractivity (Wildman–Crippen MR) is 105 cm³/mol. The van der Waals surface area contributed by atoms with Crippen LogP contribution in [-0.4, -0.2) is 46.1 Å². The fourth-order valence-electron chi connectivity index (χ4n) is 7.08. The average Bonchev–Trinajstić information content (AvgIpc) is 2.91. The smallest absolute Gasteiger partial charge is 0.303 e. The highest BCUT2D eigenvalue weighted by Crippen LogP contribution is 2.67. The molecule has 0 aromatic heterocycles. The summed E-state index contributed by atoms with van der Waals surface area (Å²) in [4.78, 5) is 35.9. The molecule has 3 fully saturated rings. The first kappa shape index (κ1) is 20.5. The van der Waals surface area contributed by atoms with E-state index in [1.54, 1.807) is 12.2 Å². The second kappa shape index (κ2) is 6.61. The van der Waals surface area contributed by atoms with Crippen molar-refractivity contribution < 1.29 is 29.3 Å². The monoisotopic (exact) mass is 402 g/mol. The maximum absolute atomic E-state index is 12.9. The summed E-state index contributed by atoms with van der Waals surface area (Å²) in [6, 6.07) is 0. The quantitative estimate of drug-likeness (QED) is 0.702. The van der Waals surface area contributed by atoms with Gasteiger partial charge in [0.25, 0.3) is 0 Å². The Balaban J connectivity index is 1.66. The van der Waals surface area contributed by atoms with E-state index < -0.39 is 35.5 Å². The molecule has 4 rings (SSSR count). The summed E-state index contributed by atoms with van der Waals surface area (Å²) in [6.45, 7) is 4.80. The number of rotatable bonds is 3. The Morgan fingerprint density at radius 2 is 2.00 bits per heavy atom. The Labute approximate surface area is 171 Å². The minimum atomic E-state index is -1.60. The lowest BCUT2D eigenvalue weighted by atomic mass is 9.46. The summed E-state index contributed by atoms with van der Waals surface area (Å²) in [6.07, 6.45) is 7.50. The van der Waals surface area contributed by atoms with Gasteiger partial charge in [0.2, 0.25) is 5.78 Å². The van der Waals surface area contributed by atoms with Crippen LogP contribution in [0.25, 0.3) is 0 Å². The molecule has 0 radical (unpaired) electrons. The molecule has 0 spiro atoms. The van der Waals surface area contributed by atoms with Crippen molar-refractivity contribution in [3.63, 3.8) is 0 Å². The molecule has 158 valence electrons. The van der Waals surface area contributed by atoms with Gasteiger partial charge in [-0.05, 0) is 56.1 Å². The van der Waals surface area contributed by atoms with Crippen LogP contribution in [0.5, 0.6) is 0 Å². The summed E-state index contributed by atoms with van der Waals surface area (Å²) >= 11 is 0. The summed E-state index contributed by atoms with van der Waals surface area (Å²) in [5, 5.41) is 22.7. The number of Topliss-reactive ketones (excluding diaryl/α,β-unsaturated/α-hetero) is 1. The van der Waals surface area contributed by atoms with E-state index in [1.165, 1.54) is 6.92 Å². The van der Waals surface area contributed by atoms with E-state index in [4.69, 9.17) is 4.74 Å².